The van der Waals surface area contributed by atoms with E-state index in [-0.39, 0.29) is 0 Å². The predicted molar refractivity (Wildman–Crippen MR) is 56.7 cm³/mol. The number of aromatic nitrogens is 2. The molecule has 0 bridgehead atoms. The Morgan fingerprint density at radius 1 is 1.46 bits per heavy atom. The quantitative estimate of drug-likeness (QED) is 0.557. The van der Waals surface area contributed by atoms with E-state index in [1.54, 1.807) is 11.3 Å². The van der Waals surface area contributed by atoms with Gasteiger partial charge in [0, 0.05) is 0 Å². The summed E-state index contributed by atoms with van der Waals surface area (Å²) >= 11 is 13.2. The first-order valence-electron chi connectivity index (χ1n) is 3.68. The number of hydrogen-bond donors (Lipinski definition) is 0. The lowest BCUT2D eigenvalue weighted by atomic mass is 10.3. The van der Waals surface area contributed by atoms with Gasteiger partial charge in [0.25, 0.3) is 0 Å². The third kappa shape index (κ3) is 1.52. The van der Waals surface area contributed by atoms with Gasteiger partial charge in [-0.15, -0.1) is 22.9 Å². The second-order valence-electron chi connectivity index (χ2n) is 2.66. The lowest BCUT2D eigenvalue weighted by Gasteiger charge is -1.97. The van der Waals surface area contributed by atoms with Gasteiger partial charge in [0.2, 0.25) is 0 Å². The monoisotopic (exact) mass is 232 g/mol. The summed E-state index contributed by atoms with van der Waals surface area (Å²) in [5, 5.41) is 3.46. The average Bonchev–Trinajstić information content (AvgIpc) is 2.48. The van der Waals surface area contributed by atoms with Crippen LogP contribution in [-0.2, 0) is 5.88 Å². The molecule has 0 spiro atoms. The molecule has 2 rings (SSSR count). The minimum atomic E-state index is 0.298. The van der Waals surface area contributed by atoms with Crippen molar-refractivity contribution in [3.05, 3.63) is 21.9 Å². The minimum Gasteiger partial charge on any atom is -0.221 e. The summed E-state index contributed by atoms with van der Waals surface area (Å²) in [5.41, 5.74) is 1.12. The van der Waals surface area contributed by atoms with E-state index in [1.807, 2.05) is 12.3 Å². The summed E-state index contributed by atoms with van der Waals surface area (Å²) in [7, 11) is 0. The largest absolute Gasteiger partial charge is 0.221 e. The molecule has 0 saturated heterocycles. The Balaban J connectivity index is 2.79. The van der Waals surface area contributed by atoms with Crippen LogP contribution >= 0.6 is 34.5 Å². The third-order valence-corrected chi connectivity index (χ3v) is 3.24. The van der Waals surface area contributed by atoms with Gasteiger partial charge in [0.15, 0.2) is 0 Å². The Bertz CT molecular complexity index is 453. The lowest BCUT2D eigenvalue weighted by molar-refractivity contribution is 1.07. The maximum absolute atomic E-state index is 5.98. The topological polar surface area (TPSA) is 25.8 Å². The molecule has 0 aliphatic rings. The van der Waals surface area contributed by atoms with Crippen LogP contribution in [0, 0.1) is 6.92 Å². The highest BCUT2D eigenvalue weighted by molar-refractivity contribution is 7.17. The molecule has 0 aliphatic carbocycles. The van der Waals surface area contributed by atoms with Gasteiger partial charge >= 0.3 is 0 Å². The van der Waals surface area contributed by atoms with Crippen molar-refractivity contribution in [1.82, 2.24) is 9.97 Å². The van der Waals surface area contributed by atoms with Crippen LogP contribution in [0.25, 0.3) is 10.2 Å². The normalized spacial score (nSPS) is 11.0. The van der Waals surface area contributed by atoms with Crippen molar-refractivity contribution in [1.29, 1.82) is 0 Å². The molecule has 0 saturated carbocycles. The van der Waals surface area contributed by atoms with Gasteiger partial charge in [0.1, 0.15) is 15.8 Å². The SMILES string of the molecule is Cc1csc2nc(CCl)nc(Cl)c12. The maximum atomic E-state index is 5.98. The van der Waals surface area contributed by atoms with Gasteiger partial charge in [-0.1, -0.05) is 11.6 Å². The van der Waals surface area contributed by atoms with Crippen LogP contribution < -0.4 is 0 Å². The lowest BCUT2D eigenvalue weighted by Crippen LogP contribution is -1.91. The molecule has 0 fully saturated rings. The van der Waals surface area contributed by atoms with Crippen LogP contribution in [0.4, 0.5) is 0 Å². The van der Waals surface area contributed by atoms with Gasteiger partial charge in [0.05, 0.1) is 11.3 Å². The maximum Gasteiger partial charge on any atom is 0.146 e. The van der Waals surface area contributed by atoms with Gasteiger partial charge in [-0.05, 0) is 17.9 Å². The van der Waals surface area contributed by atoms with Gasteiger partial charge in [-0.3, -0.25) is 0 Å². The second kappa shape index (κ2) is 3.40. The van der Waals surface area contributed by atoms with Gasteiger partial charge < -0.3 is 0 Å². The van der Waals surface area contributed by atoms with Gasteiger partial charge in [-0.2, -0.15) is 0 Å². The highest BCUT2D eigenvalue weighted by atomic mass is 35.5. The van der Waals surface area contributed by atoms with Crippen molar-refractivity contribution >= 4 is 44.8 Å². The van der Waals surface area contributed by atoms with Crippen molar-refractivity contribution in [3.8, 4) is 0 Å². The highest BCUT2D eigenvalue weighted by Crippen LogP contribution is 2.29. The van der Waals surface area contributed by atoms with E-state index in [4.69, 9.17) is 23.2 Å². The number of hydrogen-bond acceptors (Lipinski definition) is 3. The van der Waals surface area contributed by atoms with E-state index in [2.05, 4.69) is 9.97 Å². The molecule has 13 heavy (non-hydrogen) atoms. The molecule has 2 nitrogen and oxygen atoms in total. The van der Waals surface area contributed by atoms with E-state index >= 15 is 0 Å². The van der Waals surface area contributed by atoms with Crippen LogP contribution in [0.15, 0.2) is 5.38 Å². The van der Waals surface area contributed by atoms with E-state index < -0.39 is 0 Å². The van der Waals surface area contributed by atoms with Crippen molar-refractivity contribution in [3.63, 3.8) is 0 Å². The highest BCUT2D eigenvalue weighted by Gasteiger charge is 2.09. The first-order chi connectivity index (χ1) is 6.22. The molecule has 2 aromatic heterocycles. The summed E-state index contributed by atoms with van der Waals surface area (Å²) in [4.78, 5) is 9.26. The van der Waals surface area contributed by atoms with Crippen LogP contribution in [0.1, 0.15) is 11.4 Å². The Morgan fingerprint density at radius 2 is 2.23 bits per heavy atom. The van der Waals surface area contributed by atoms with Crippen LogP contribution in [-0.4, -0.2) is 9.97 Å². The van der Waals surface area contributed by atoms with Crippen molar-refractivity contribution in [2.75, 3.05) is 0 Å². The molecule has 2 heterocycles. The van der Waals surface area contributed by atoms with Crippen molar-refractivity contribution in [2.24, 2.45) is 0 Å². The molecule has 2 aromatic rings. The number of fused-ring (bicyclic) bond motifs is 1. The fourth-order valence-corrected chi connectivity index (χ4v) is 2.59. The average molecular weight is 233 g/mol. The summed E-state index contributed by atoms with van der Waals surface area (Å²) in [6.45, 7) is 1.99. The molecule has 0 amide bonds. The Kier molecular flexibility index (Phi) is 2.41. The molecule has 0 N–H and O–H groups in total. The molecule has 0 atom stereocenters. The summed E-state index contributed by atoms with van der Waals surface area (Å²) in [6.07, 6.45) is 0. The first kappa shape index (κ1) is 9.19. The Hall–Kier alpha value is -0.380. The van der Waals surface area contributed by atoms with Crippen LogP contribution in [0.5, 0.6) is 0 Å². The van der Waals surface area contributed by atoms with Crippen LogP contribution in [0.2, 0.25) is 5.15 Å². The molecule has 5 heteroatoms. The molecule has 0 aromatic carbocycles. The smallest absolute Gasteiger partial charge is 0.146 e. The Labute approximate surface area is 89.5 Å². The minimum absolute atomic E-state index is 0.298. The zero-order valence-corrected chi connectivity index (χ0v) is 9.17. The van der Waals surface area contributed by atoms with Crippen molar-refractivity contribution in [2.45, 2.75) is 12.8 Å². The number of rotatable bonds is 1. The zero-order chi connectivity index (χ0) is 9.42. The molecule has 0 radical (unpaired) electrons. The predicted octanol–water partition coefficient (Wildman–Crippen LogP) is 3.39. The fraction of sp³-hybridized carbons (Fsp3) is 0.250. The molecule has 0 aliphatic heterocycles. The summed E-state index contributed by atoms with van der Waals surface area (Å²) in [5.74, 6) is 0.882. The van der Waals surface area contributed by atoms with E-state index in [0.29, 0.717) is 16.9 Å². The summed E-state index contributed by atoms with van der Waals surface area (Å²) < 4.78 is 0. The van der Waals surface area contributed by atoms with Crippen molar-refractivity contribution < 1.29 is 0 Å². The third-order valence-electron chi connectivity index (χ3n) is 1.74. The number of aryl methyl sites for hydroxylation is 1. The van der Waals surface area contributed by atoms with E-state index in [9.17, 15) is 0 Å². The fourth-order valence-electron chi connectivity index (χ4n) is 1.14. The summed E-state index contributed by atoms with van der Waals surface area (Å²) in [6, 6.07) is 0. The molecular formula is C8H6Cl2N2S. The zero-order valence-electron chi connectivity index (χ0n) is 6.84. The van der Waals surface area contributed by atoms with E-state index in [0.717, 1.165) is 15.8 Å². The Morgan fingerprint density at radius 3 is 2.92 bits per heavy atom. The number of nitrogens with zero attached hydrogens (tertiary/aromatic N) is 2. The molecular weight excluding hydrogens is 227 g/mol. The molecule has 68 valence electrons. The number of thiophene rings is 1. The van der Waals surface area contributed by atoms with Crippen LogP contribution in [0.3, 0.4) is 0 Å². The standard InChI is InChI=1S/C8H6Cl2N2S/c1-4-3-13-8-6(4)7(10)11-5(2-9)12-8/h3H,2H2,1H3. The second-order valence-corrected chi connectivity index (χ2v) is 4.15. The number of alkyl halides is 1. The first-order valence-corrected chi connectivity index (χ1v) is 5.47. The van der Waals surface area contributed by atoms with Gasteiger partial charge in [-0.25, -0.2) is 9.97 Å². The number of halogens is 2. The van der Waals surface area contributed by atoms with E-state index in [1.165, 1.54) is 0 Å². The molecule has 0 unspecified atom stereocenters.